The number of carbonyl (C=O) groups is 1. The smallest absolute Gasteiger partial charge is 0.174 e. The first-order chi connectivity index (χ1) is 8.07. The van der Waals surface area contributed by atoms with Gasteiger partial charge in [0.15, 0.2) is 5.78 Å². The van der Waals surface area contributed by atoms with Gasteiger partial charge in [0.2, 0.25) is 0 Å². The fourth-order valence-electron chi connectivity index (χ4n) is 1.47. The highest BCUT2D eigenvalue weighted by atomic mass is 16.3. The molecule has 17 heavy (non-hydrogen) atoms. The molecule has 0 saturated heterocycles. The van der Waals surface area contributed by atoms with Crippen molar-refractivity contribution in [1.29, 1.82) is 0 Å². The second kappa shape index (κ2) is 6.03. The summed E-state index contributed by atoms with van der Waals surface area (Å²) in [6, 6.07) is 7.44. The number of azide groups is 1. The van der Waals surface area contributed by atoms with Crippen LogP contribution in [-0.4, -0.2) is 23.0 Å². The van der Waals surface area contributed by atoms with Gasteiger partial charge in [-0.05, 0) is 11.4 Å². The van der Waals surface area contributed by atoms with Crippen molar-refractivity contribution in [2.45, 2.75) is 26.0 Å². The van der Waals surface area contributed by atoms with Crippen LogP contribution in [0.5, 0.6) is 0 Å². The predicted molar refractivity (Wildman–Crippen MR) is 64.6 cm³/mol. The highest BCUT2D eigenvalue weighted by Crippen LogP contribution is 2.15. The van der Waals surface area contributed by atoms with E-state index >= 15 is 0 Å². The van der Waals surface area contributed by atoms with Gasteiger partial charge in [-0.25, -0.2) is 0 Å². The lowest BCUT2D eigenvalue weighted by Crippen LogP contribution is -2.35. The molecule has 2 unspecified atom stereocenters. The third-order valence-corrected chi connectivity index (χ3v) is 2.51. The first-order valence-corrected chi connectivity index (χ1v) is 5.39. The summed E-state index contributed by atoms with van der Waals surface area (Å²) in [6.45, 7) is 3.53. The van der Waals surface area contributed by atoms with Crippen LogP contribution in [0.1, 0.15) is 24.2 Å². The molecule has 0 fully saturated rings. The minimum Gasteiger partial charge on any atom is -0.392 e. The zero-order valence-electron chi connectivity index (χ0n) is 9.82. The van der Waals surface area contributed by atoms with Gasteiger partial charge in [-0.2, -0.15) is 0 Å². The predicted octanol–water partition coefficient (Wildman–Crippen LogP) is 2.57. The van der Waals surface area contributed by atoms with Crippen molar-refractivity contribution in [3.63, 3.8) is 0 Å². The average molecular weight is 233 g/mol. The molecule has 90 valence electrons. The van der Waals surface area contributed by atoms with Gasteiger partial charge in [0.05, 0.1) is 6.10 Å². The second-order valence-corrected chi connectivity index (χ2v) is 4.11. The number of ketones is 1. The molecule has 0 radical (unpaired) electrons. The summed E-state index contributed by atoms with van der Waals surface area (Å²) in [6.07, 6.45) is -0.974. The molecule has 0 amide bonds. The average Bonchev–Trinajstić information content (AvgIpc) is 2.35. The van der Waals surface area contributed by atoms with Crippen LogP contribution in [0, 0.1) is 5.92 Å². The lowest BCUT2D eigenvalue weighted by molar-refractivity contribution is 0.0699. The molecule has 1 N–H and O–H groups in total. The number of hydrogen-bond donors (Lipinski definition) is 1. The van der Waals surface area contributed by atoms with E-state index < -0.39 is 12.1 Å². The van der Waals surface area contributed by atoms with E-state index in [1.54, 1.807) is 44.2 Å². The summed E-state index contributed by atoms with van der Waals surface area (Å²) in [5.74, 6) is -0.511. The Balaban J connectivity index is 3.00. The lowest BCUT2D eigenvalue weighted by atomic mass is 9.94. The van der Waals surface area contributed by atoms with E-state index in [0.717, 1.165) is 0 Å². The molecule has 0 aliphatic heterocycles. The van der Waals surface area contributed by atoms with E-state index in [0.29, 0.717) is 5.56 Å². The number of aliphatic hydroxyl groups excluding tert-OH is 1. The maximum atomic E-state index is 12.1. The summed E-state index contributed by atoms with van der Waals surface area (Å²) >= 11 is 0. The number of carbonyl (C=O) groups excluding carboxylic acids is 1. The van der Waals surface area contributed by atoms with E-state index in [1.165, 1.54) is 0 Å². The highest BCUT2D eigenvalue weighted by Gasteiger charge is 2.28. The van der Waals surface area contributed by atoms with E-state index in [2.05, 4.69) is 10.0 Å². The van der Waals surface area contributed by atoms with Gasteiger partial charge in [-0.1, -0.05) is 49.3 Å². The maximum absolute atomic E-state index is 12.1. The Bertz CT molecular complexity index is 425. The van der Waals surface area contributed by atoms with Crippen LogP contribution in [0.4, 0.5) is 0 Å². The molecule has 1 aromatic rings. The van der Waals surface area contributed by atoms with Crippen molar-refractivity contribution in [3.8, 4) is 0 Å². The molecule has 0 bridgehead atoms. The topological polar surface area (TPSA) is 86.1 Å². The van der Waals surface area contributed by atoms with Gasteiger partial charge in [0.25, 0.3) is 0 Å². The third-order valence-electron chi connectivity index (χ3n) is 2.51. The Morgan fingerprint density at radius 3 is 2.41 bits per heavy atom. The highest BCUT2D eigenvalue weighted by molar-refractivity contribution is 6.00. The van der Waals surface area contributed by atoms with Crippen molar-refractivity contribution in [3.05, 3.63) is 46.3 Å². The molecule has 0 saturated carbocycles. The van der Waals surface area contributed by atoms with E-state index in [4.69, 9.17) is 5.53 Å². The summed E-state index contributed by atoms with van der Waals surface area (Å²) < 4.78 is 0. The minimum absolute atomic E-state index is 0.154. The maximum Gasteiger partial charge on any atom is 0.174 e. The largest absolute Gasteiger partial charge is 0.392 e. The van der Waals surface area contributed by atoms with Crippen molar-refractivity contribution < 1.29 is 9.90 Å². The van der Waals surface area contributed by atoms with Crippen LogP contribution in [-0.2, 0) is 0 Å². The van der Waals surface area contributed by atoms with Gasteiger partial charge in [0.1, 0.15) is 6.04 Å². The van der Waals surface area contributed by atoms with E-state index in [1.807, 2.05) is 0 Å². The fourth-order valence-corrected chi connectivity index (χ4v) is 1.47. The fraction of sp³-hybridized carbons (Fsp3) is 0.417. The van der Waals surface area contributed by atoms with E-state index in [9.17, 15) is 9.90 Å². The normalized spacial score (nSPS) is 13.9. The monoisotopic (exact) mass is 233 g/mol. The van der Waals surface area contributed by atoms with Crippen LogP contribution in [0.2, 0.25) is 0 Å². The molecular weight excluding hydrogens is 218 g/mol. The third kappa shape index (κ3) is 3.31. The molecule has 5 heteroatoms. The quantitative estimate of drug-likeness (QED) is 0.366. The van der Waals surface area contributed by atoms with Gasteiger partial charge in [-0.15, -0.1) is 0 Å². The molecule has 1 rings (SSSR count). The van der Waals surface area contributed by atoms with Gasteiger partial charge in [0, 0.05) is 10.5 Å². The molecule has 0 aliphatic carbocycles. The zero-order valence-corrected chi connectivity index (χ0v) is 9.82. The first kappa shape index (κ1) is 13.2. The summed E-state index contributed by atoms with van der Waals surface area (Å²) in [4.78, 5) is 14.7. The number of benzene rings is 1. The molecule has 0 spiro atoms. The van der Waals surface area contributed by atoms with Gasteiger partial charge >= 0.3 is 0 Å². The molecular formula is C12H15N3O2. The van der Waals surface area contributed by atoms with E-state index in [-0.39, 0.29) is 11.7 Å². The Hall–Kier alpha value is -1.84. The Labute approximate surface area is 99.7 Å². The molecule has 0 aromatic heterocycles. The molecule has 0 aliphatic rings. The van der Waals surface area contributed by atoms with Crippen molar-refractivity contribution >= 4 is 5.78 Å². The first-order valence-electron chi connectivity index (χ1n) is 5.39. The number of aliphatic hydroxyl groups is 1. The van der Waals surface area contributed by atoms with Crippen LogP contribution in [0.25, 0.3) is 10.4 Å². The Morgan fingerprint density at radius 1 is 1.35 bits per heavy atom. The molecule has 0 heterocycles. The SMILES string of the molecule is CC(C)C(O)C(N=[N+]=[N-])C(=O)c1ccccc1. The minimum atomic E-state index is -1.07. The summed E-state index contributed by atoms with van der Waals surface area (Å²) in [7, 11) is 0. The second-order valence-electron chi connectivity index (χ2n) is 4.11. The molecule has 2 atom stereocenters. The zero-order chi connectivity index (χ0) is 12.8. The van der Waals surface area contributed by atoms with Crippen molar-refractivity contribution in [2.24, 2.45) is 11.0 Å². The lowest BCUT2D eigenvalue weighted by Gasteiger charge is -2.20. The number of rotatable bonds is 5. The standard InChI is InChI=1S/C12H15N3O2/c1-8(2)11(16)10(14-15-13)12(17)9-6-4-3-5-7-9/h3-8,10-11,16H,1-2H3. The van der Waals surface area contributed by atoms with Crippen LogP contribution in [0.3, 0.4) is 0 Å². The summed E-state index contributed by atoms with van der Waals surface area (Å²) in [5.41, 5.74) is 8.89. The number of nitrogens with zero attached hydrogens (tertiary/aromatic N) is 3. The van der Waals surface area contributed by atoms with Gasteiger partial charge in [-0.3, -0.25) is 4.79 Å². The van der Waals surface area contributed by atoms with Crippen LogP contribution in [0.15, 0.2) is 35.4 Å². The Kier molecular flexibility index (Phi) is 4.69. The van der Waals surface area contributed by atoms with Crippen LogP contribution >= 0.6 is 0 Å². The Morgan fingerprint density at radius 2 is 1.94 bits per heavy atom. The number of Topliss-reactive ketones (excluding diaryl/α,β-unsaturated/α-hetero) is 1. The van der Waals surface area contributed by atoms with Crippen molar-refractivity contribution in [1.82, 2.24) is 0 Å². The van der Waals surface area contributed by atoms with Gasteiger partial charge < -0.3 is 5.11 Å². The summed E-state index contributed by atoms with van der Waals surface area (Å²) in [5, 5.41) is 13.3. The molecule has 1 aromatic carbocycles. The number of hydrogen-bond acceptors (Lipinski definition) is 3. The van der Waals surface area contributed by atoms with Crippen molar-refractivity contribution in [2.75, 3.05) is 0 Å². The van der Waals surface area contributed by atoms with Crippen LogP contribution < -0.4 is 0 Å². The molecule has 5 nitrogen and oxygen atoms in total.